The molecular formula is C14H19NO4. The number of aromatic carboxylic acids is 1. The molecule has 1 N–H and O–H groups in total. The van der Waals surface area contributed by atoms with E-state index in [1.54, 1.807) is 30.0 Å². The number of likely N-dealkylation sites (N-methyl/N-ethyl adjacent to an activating group) is 1. The summed E-state index contributed by atoms with van der Waals surface area (Å²) in [6.45, 7) is 6.60. The lowest BCUT2D eigenvalue weighted by Gasteiger charge is -2.23. The van der Waals surface area contributed by atoms with Crippen LogP contribution in [0.15, 0.2) is 24.3 Å². The smallest absolute Gasteiger partial charge is 0.339 e. The highest BCUT2D eigenvalue weighted by Gasteiger charge is 2.21. The van der Waals surface area contributed by atoms with E-state index >= 15 is 0 Å². The fourth-order valence-electron chi connectivity index (χ4n) is 1.78. The lowest BCUT2D eigenvalue weighted by atomic mass is 10.2. The molecule has 0 aliphatic rings. The summed E-state index contributed by atoms with van der Waals surface area (Å²) in [4.78, 5) is 24.7. The Labute approximate surface area is 112 Å². The molecule has 0 aromatic heterocycles. The van der Waals surface area contributed by atoms with E-state index in [0.717, 1.165) is 0 Å². The SMILES string of the molecule is CCN(CC)C(=O)C(C)Oc1ccccc1C(=O)O. The van der Waals surface area contributed by atoms with E-state index in [1.165, 1.54) is 6.07 Å². The number of hydrogen-bond acceptors (Lipinski definition) is 3. The maximum atomic E-state index is 12.0. The van der Waals surface area contributed by atoms with Crippen molar-refractivity contribution in [3.05, 3.63) is 29.8 Å². The van der Waals surface area contributed by atoms with E-state index in [2.05, 4.69) is 0 Å². The molecule has 1 amide bonds. The van der Waals surface area contributed by atoms with Crippen molar-refractivity contribution in [3.8, 4) is 5.75 Å². The van der Waals surface area contributed by atoms with Crippen molar-refractivity contribution in [2.75, 3.05) is 13.1 Å². The Kier molecular flexibility index (Phi) is 5.36. The fourth-order valence-corrected chi connectivity index (χ4v) is 1.78. The Morgan fingerprint density at radius 3 is 2.37 bits per heavy atom. The molecule has 1 aromatic rings. The van der Waals surface area contributed by atoms with Crippen LogP contribution in [-0.2, 0) is 4.79 Å². The highest BCUT2D eigenvalue weighted by Crippen LogP contribution is 2.19. The number of ether oxygens (including phenoxy) is 1. The first-order valence-corrected chi connectivity index (χ1v) is 6.29. The standard InChI is InChI=1S/C14H19NO4/c1-4-15(5-2)13(16)10(3)19-12-9-7-6-8-11(12)14(17)18/h6-10H,4-5H2,1-3H3,(H,17,18). The van der Waals surface area contributed by atoms with E-state index in [-0.39, 0.29) is 17.2 Å². The molecular weight excluding hydrogens is 246 g/mol. The van der Waals surface area contributed by atoms with Gasteiger partial charge in [-0.15, -0.1) is 0 Å². The number of benzene rings is 1. The number of nitrogens with zero attached hydrogens (tertiary/aromatic N) is 1. The second kappa shape index (κ2) is 6.78. The highest BCUT2D eigenvalue weighted by atomic mass is 16.5. The van der Waals surface area contributed by atoms with Crippen LogP contribution in [0, 0.1) is 0 Å². The van der Waals surface area contributed by atoms with Gasteiger partial charge in [-0.2, -0.15) is 0 Å². The third-order valence-corrected chi connectivity index (χ3v) is 2.84. The third-order valence-electron chi connectivity index (χ3n) is 2.84. The molecule has 1 aromatic carbocycles. The van der Waals surface area contributed by atoms with E-state index in [1.807, 2.05) is 13.8 Å². The van der Waals surface area contributed by atoms with E-state index < -0.39 is 12.1 Å². The van der Waals surface area contributed by atoms with Gasteiger partial charge in [-0.05, 0) is 32.9 Å². The summed E-state index contributed by atoms with van der Waals surface area (Å²) in [7, 11) is 0. The molecule has 5 nitrogen and oxygen atoms in total. The first-order chi connectivity index (χ1) is 9.01. The van der Waals surface area contributed by atoms with Crippen LogP contribution >= 0.6 is 0 Å². The molecule has 104 valence electrons. The topological polar surface area (TPSA) is 66.8 Å². The molecule has 1 atom stereocenters. The Morgan fingerprint density at radius 1 is 1.26 bits per heavy atom. The summed E-state index contributed by atoms with van der Waals surface area (Å²) in [5, 5.41) is 9.04. The average molecular weight is 265 g/mol. The molecule has 0 aliphatic carbocycles. The van der Waals surface area contributed by atoms with Crippen molar-refractivity contribution in [1.29, 1.82) is 0 Å². The molecule has 0 saturated carbocycles. The number of carboxylic acids is 1. The van der Waals surface area contributed by atoms with Crippen molar-refractivity contribution >= 4 is 11.9 Å². The van der Waals surface area contributed by atoms with Crippen LogP contribution in [0.3, 0.4) is 0 Å². The summed E-state index contributed by atoms with van der Waals surface area (Å²) < 4.78 is 5.48. The molecule has 1 rings (SSSR count). The minimum atomic E-state index is -1.07. The monoisotopic (exact) mass is 265 g/mol. The summed E-state index contributed by atoms with van der Waals surface area (Å²) >= 11 is 0. The first-order valence-electron chi connectivity index (χ1n) is 6.29. The Balaban J connectivity index is 2.85. The van der Waals surface area contributed by atoms with Crippen LogP contribution < -0.4 is 4.74 Å². The second-order valence-electron chi connectivity index (χ2n) is 4.07. The maximum absolute atomic E-state index is 12.0. The molecule has 19 heavy (non-hydrogen) atoms. The van der Waals surface area contributed by atoms with Crippen LogP contribution in [0.1, 0.15) is 31.1 Å². The van der Waals surface area contributed by atoms with Crippen LogP contribution in [0.4, 0.5) is 0 Å². The number of carbonyl (C=O) groups is 2. The van der Waals surface area contributed by atoms with Crippen LogP contribution in [-0.4, -0.2) is 41.1 Å². The number of hydrogen-bond donors (Lipinski definition) is 1. The largest absolute Gasteiger partial charge is 0.480 e. The van der Waals surface area contributed by atoms with Gasteiger partial charge >= 0.3 is 5.97 Å². The number of rotatable bonds is 6. The number of amides is 1. The van der Waals surface area contributed by atoms with Crippen LogP contribution in [0.2, 0.25) is 0 Å². The molecule has 1 unspecified atom stereocenters. The van der Waals surface area contributed by atoms with E-state index in [4.69, 9.17) is 9.84 Å². The van der Waals surface area contributed by atoms with Crippen LogP contribution in [0.25, 0.3) is 0 Å². The molecule has 0 radical (unpaired) electrons. The lowest BCUT2D eigenvalue weighted by molar-refractivity contribution is -0.137. The predicted molar refractivity (Wildman–Crippen MR) is 71.4 cm³/mol. The molecule has 0 saturated heterocycles. The summed E-state index contributed by atoms with van der Waals surface area (Å²) in [6.07, 6.45) is -0.708. The normalized spacial score (nSPS) is 11.7. The van der Waals surface area contributed by atoms with Crippen molar-refractivity contribution in [2.45, 2.75) is 26.9 Å². The minimum absolute atomic E-state index is 0.0571. The van der Waals surface area contributed by atoms with Crippen molar-refractivity contribution in [2.24, 2.45) is 0 Å². The number of carbonyl (C=O) groups excluding carboxylic acids is 1. The summed E-state index contributed by atoms with van der Waals surface area (Å²) in [5.41, 5.74) is 0.0571. The van der Waals surface area contributed by atoms with Crippen molar-refractivity contribution in [3.63, 3.8) is 0 Å². The zero-order chi connectivity index (χ0) is 14.4. The Hall–Kier alpha value is -2.04. The van der Waals surface area contributed by atoms with Gasteiger partial charge in [0.25, 0.3) is 5.91 Å². The zero-order valence-electron chi connectivity index (χ0n) is 11.4. The lowest BCUT2D eigenvalue weighted by Crippen LogP contribution is -2.40. The van der Waals surface area contributed by atoms with Crippen molar-refractivity contribution < 1.29 is 19.4 Å². The Morgan fingerprint density at radius 2 is 1.84 bits per heavy atom. The van der Waals surface area contributed by atoms with E-state index in [9.17, 15) is 9.59 Å². The van der Waals surface area contributed by atoms with Gasteiger partial charge in [-0.3, -0.25) is 4.79 Å². The quantitative estimate of drug-likeness (QED) is 0.854. The molecule has 0 aliphatic heterocycles. The Bertz CT molecular complexity index is 455. The van der Waals surface area contributed by atoms with Crippen LogP contribution in [0.5, 0.6) is 5.75 Å². The van der Waals surface area contributed by atoms with Gasteiger partial charge in [0.1, 0.15) is 11.3 Å². The fraction of sp³-hybridized carbons (Fsp3) is 0.429. The average Bonchev–Trinajstić information content (AvgIpc) is 2.40. The van der Waals surface area contributed by atoms with Gasteiger partial charge in [0.05, 0.1) is 0 Å². The molecule has 5 heteroatoms. The van der Waals surface area contributed by atoms with Gasteiger partial charge < -0.3 is 14.7 Å². The van der Waals surface area contributed by atoms with Gasteiger partial charge in [0.15, 0.2) is 6.10 Å². The van der Waals surface area contributed by atoms with Gasteiger partial charge in [-0.25, -0.2) is 4.79 Å². The minimum Gasteiger partial charge on any atom is -0.480 e. The zero-order valence-corrected chi connectivity index (χ0v) is 11.4. The summed E-state index contributed by atoms with van der Waals surface area (Å²) in [5.74, 6) is -1.01. The molecule has 0 spiro atoms. The van der Waals surface area contributed by atoms with E-state index in [0.29, 0.717) is 13.1 Å². The summed E-state index contributed by atoms with van der Waals surface area (Å²) in [6, 6.07) is 6.30. The number of para-hydroxylation sites is 1. The highest BCUT2D eigenvalue weighted by molar-refractivity contribution is 5.91. The second-order valence-corrected chi connectivity index (χ2v) is 4.07. The molecule has 0 heterocycles. The van der Waals surface area contributed by atoms with Crippen molar-refractivity contribution in [1.82, 2.24) is 4.90 Å². The molecule has 0 fully saturated rings. The molecule has 0 bridgehead atoms. The third kappa shape index (κ3) is 3.71. The maximum Gasteiger partial charge on any atom is 0.339 e. The van der Waals surface area contributed by atoms with Gasteiger partial charge in [0.2, 0.25) is 0 Å². The first kappa shape index (κ1) is 15.0. The predicted octanol–water partition coefficient (Wildman–Crippen LogP) is 2.02. The van der Waals surface area contributed by atoms with Gasteiger partial charge in [0, 0.05) is 13.1 Å². The van der Waals surface area contributed by atoms with Gasteiger partial charge in [-0.1, -0.05) is 12.1 Å². The number of carboxylic acid groups (broad SMARTS) is 1.